The third-order valence-corrected chi connectivity index (χ3v) is 2.02. The third kappa shape index (κ3) is 2.79. The van der Waals surface area contributed by atoms with E-state index in [1.165, 1.54) is 0 Å². The van der Waals surface area contributed by atoms with E-state index in [1.54, 1.807) is 6.07 Å². The first-order valence-corrected chi connectivity index (χ1v) is 4.60. The minimum absolute atomic E-state index is 0.162. The van der Waals surface area contributed by atoms with E-state index in [0.29, 0.717) is 0 Å². The average molecular weight is 255 g/mol. The van der Waals surface area contributed by atoms with Gasteiger partial charge in [-0.2, -0.15) is 14.0 Å². The van der Waals surface area contributed by atoms with E-state index in [4.69, 9.17) is 5.26 Å². The monoisotopic (exact) mass is 255 g/mol. The number of carbonyl (C=O) groups excluding carboxylic acids is 2. The number of methoxy groups -OCH3 is 1. The number of rotatable bonds is 4. The van der Waals surface area contributed by atoms with Gasteiger partial charge in [0.1, 0.15) is 11.8 Å². The van der Waals surface area contributed by atoms with E-state index in [0.717, 1.165) is 19.2 Å². The van der Waals surface area contributed by atoms with Gasteiger partial charge in [0.2, 0.25) is 0 Å². The van der Waals surface area contributed by atoms with Gasteiger partial charge in [0.05, 0.1) is 23.8 Å². The summed E-state index contributed by atoms with van der Waals surface area (Å²) in [7, 11) is 1.07. The smallest absolute Gasteiger partial charge is 0.387 e. The minimum Gasteiger partial charge on any atom is -0.465 e. The number of benzene rings is 1. The van der Waals surface area contributed by atoms with E-state index in [2.05, 4.69) is 9.47 Å². The second-order valence-corrected chi connectivity index (χ2v) is 3.04. The Hall–Kier alpha value is -2.49. The van der Waals surface area contributed by atoms with Crippen LogP contribution >= 0.6 is 0 Å². The van der Waals surface area contributed by atoms with Gasteiger partial charge in [-0.25, -0.2) is 4.79 Å². The van der Waals surface area contributed by atoms with Crippen LogP contribution < -0.4 is 4.74 Å². The predicted octanol–water partition coefficient (Wildman–Crippen LogP) is 1.76. The van der Waals surface area contributed by atoms with Crippen LogP contribution in [0.3, 0.4) is 0 Å². The summed E-state index contributed by atoms with van der Waals surface area (Å²) in [5, 5.41) is 8.79. The fraction of sp³-hybridized carbons (Fsp3) is 0.182. The van der Waals surface area contributed by atoms with Crippen molar-refractivity contribution < 1.29 is 27.8 Å². The van der Waals surface area contributed by atoms with Crippen LogP contribution in [0.5, 0.6) is 5.75 Å². The zero-order valence-corrected chi connectivity index (χ0v) is 9.15. The molecule has 0 radical (unpaired) electrons. The predicted molar refractivity (Wildman–Crippen MR) is 54.5 cm³/mol. The lowest BCUT2D eigenvalue weighted by Gasteiger charge is -2.09. The van der Waals surface area contributed by atoms with Crippen LogP contribution in [0.2, 0.25) is 0 Å². The van der Waals surface area contributed by atoms with Gasteiger partial charge in [-0.1, -0.05) is 0 Å². The Balaban J connectivity index is 3.39. The number of ether oxygens (including phenoxy) is 2. The summed E-state index contributed by atoms with van der Waals surface area (Å²) in [6, 6.07) is 3.52. The molecule has 5 nitrogen and oxygen atoms in total. The lowest BCUT2D eigenvalue weighted by atomic mass is 10.0. The third-order valence-electron chi connectivity index (χ3n) is 2.02. The highest BCUT2D eigenvalue weighted by atomic mass is 19.3. The van der Waals surface area contributed by atoms with Gasteiger partial charge in [0.15, 0.2) is 6.29 Å². The first-order chi connectivity index (χ1) is 8.53. The molecule has 0 unspecified atom stereocenters. The number of carbonyl (C=O) groups is 2. The first kappa shape index (κ1) is 13.6. The Morgan fingerprint density at radius 1 is 1.50 bits per heavy atom. The molecule has 7 heteroatoms. The maximum atomic E-state index is 12.1. The second kappa shape index (κ2) is 5.72. The van der Waals surface area contributed by atoms with Crippen molar-refractivity contribution in [1.82, 2.24) is 0 Å². The van der Waals surface area contributed by atoms with Gasteiger partial charge in [-0.3, -0.25) is 4.79 Å². The van der Waals surface area contributed by atoms with Crippen LogP contribution in [0.15, 0.2) is 12.1 Å². The summed E-state index contributed by atoms with van der Waals surface area (Å²) in [5.41, 5.74) is -0.661. The summed E-state index contributed by atoms with van der Waals surface area (Å²) >= 11 is 0. The first-order valence-electron chi connectivity index (χ1n) is 4.60. The van der Waals surface area contributed by atoms with Crippen LogP contribution in [-0.4, -0.2) is 26.0 Å². The molecule has 0 bridgehead atoms. The molecule has 0 atom stereocenters. The summed E-state index contributed by atoms with van der Waals surface area (Å²) in [6.07, 6.45) is 0.250. The fourth-order valence-corrected chi connectivity index (χ4v) is 1.26. The number of nitrogens with zero attached hydrogens (tertiary/aromatic N) is 1. The van der Waals surface area contributed by atoms with Crippen molar-refractivity contribution in [3.8, 4) is 11.8 Å². The Morgan fingerprint density at radius 3 is 2.61 bits per heavy atom. The molecular formula is C11H7F2NO4. The molecule has 0 spiro atoms. The number of hydrogen-bond acceptors (Lipinski definition) is 5. The molecule has 1 aromatic rings. The molecule has 94 valence electrons. The van der Waals surface area contributed by atoms with Crippen LogP contribution in [0.25, 0.3) is 0 Å². The fourth-order valence-electron chi connectivity index (χ4n) is 1.26. The van der Waals surface area contributed by atoms with Gasteiger partial charge >= 0.3 is 12.6 Å². The molecule has 1 aromatic carbocycles. The van der Waals surface area contributed by atoms with E-state index in [9.17, 15) is 18.4 Å². The highest BCUT2D eigenvalue weighted by Gasteiger charge is 2.18. The maximum absolute atomic E-state index is 12.1. The Labute approximate surface area is 101 Å². The number of aldehydes is 1. The van der Waals surface area contributed by atoms with Gasteiger partial charge in [-0.05, 0) is 12.1 Å². The van der Waals surface area contributed by atoms with Gasteiger partial charge in [0.25, 0.3) is 0 Å². The molecule has 0 fully saturated rings. The van der Waals surface area contributed by atoms with E-state index < -0.39 is 18.3 Å². The molecule has 18 heavy (non-hydrogen) atoms. The van der Waals surface area contributed by atoms with Gasteiger partial charge in [-0.15, -0.1) is 0 Å². The van der Waals surface area contributed by atoms with Crippen LogP contribution in [0, 0.1) is 11.3 Å². The molecule has 0 N–H and O–H groups in total. The zero-order valence-electron chi connectivity index (χ0n) is 9.15. The Bertz CT molecular complexity index is 523. The quantitative estimate of drug-likeness (QED) is 0.605. The zero-order chi connectivity index (χ0) is 13.7. The Morgan fingerprint density at radius 2 is 2.17 bits per heavy atom. The number of alkyl halides is 2. The lowest BCUT2D eigenvalue weighted by Crippen LogP contribution is -2.09. The van der Waals surface area contributed by atoms with Crippen molar-refractivity contribution in [1.29, 1.82) is 5.26 Å². The van der Waals surface area contributed by atoms with E-state index in [1.807, 2.05) is 0 Å². The minimum atomic E-state index is -3.15. The van der Waals surface area contributed by atoms with Crippen molar-refractivity contribution >= 4 is 12.3 Å². The normalized spacial score (nSPS) is 9.72. The van der Waals surface area contributed by atoms with Crippen LogP contribution in [0.1, 0.15) is 26.3 Å². The van der Waals surface area contributed by atoms with Gasteiger partial charge < -0.3 is 9.47 Å². The SMILES string of the molecule is COC(=O)c1cc(OC(F)F)c(C=O)cc1C#N. The van der Waals surface area contributed by atoms with Gasteiger partial charge in [0, 0.05) is 0 Å². The molecule has 0 aliphatic rings. The molecule has 0 heterocycles. The summed E-state index contributed by atoms with van der Waals surface area (Å²) in [5.74, 6) is -1.37. The summed E-state index contributed by atoms with van der Waals surface area (Å²) < 4.78 is 32.7. The molecule has 0 saturated carbocycles. The number of esters is 1. The second-order valence-electron chi connectivity index (χ2n) is 3.04. The molecule has 0 aromatic heterocycles. The molecule has 0 aliphatic heterocycles. The van der Waals surface area contributed by atoms with Crippen molar-refractivity contribution in [2.75, 3.05) is 7.11 Å². The highest BCUT2D eigenvalue weighted by Crippen LogP contribution is 2.24. The van der Waals surface area contributed by atoms with Crippen molar-refractivity contribution in [3.63, 3.8) is 0 Å². The maximum Gasteiger partial charge on any atom is 0.387 e. The van der Waals surface area contributed by atoms with Crippen LogP contribution in [0.4, 0.5) is 8.78 Å². The van der Waals surface area contributed by atoms with Crippen molar-refractivity contribution in [2.45, 2.75) is 6.61 Å². The molecule has 0 saturated heterocycles. The number of hydrogen-bond donors (Lipinski definition) is 0. The number of halogens is 2. The Kier molecular flexibility index (Phi) is 4.32. The highest BCUT2D eigenvalue weighted by molar-refractivity contribution is 5.94. The van der Waals surface area contributed by atoms with E-state index >= 15 is 0 Å². The summed E-state index contributed by atoms with van der Waals surface area (Å²) in [4.78, 5) is 22.0. The van der Waals surface area contributed by atoms with Crippen LogP contribution in [-0.2, 0) is 4.74 Å². The molecular weight excluding hydrogens is 248 g/mol. The molecule has 1 rings (SSSR count). The topological polar surface area (TPSA) is 76.4 Å². The van der Waals surface area contributed by atoms with Crippen molar-refractivity contribution in [2.24, 2.45) is 0 Å². The molecule has 0 aliphatic carbocycles. The largest absolute Gasteiger partial charge is 0.465 e. The lowest BCUT2D eigenvalue weighted by molar-refractivity contribution is -0.0501. The molecule has 0 amide bonds. The standard InChI is InChI=1S/C11H7F2NO4/c1-17-10(16)8-3-9(18-11(12)13)7(5-15)2-6(8)4-14/h2-3,5,11H,1H3. The average Bonchev–Trinajstić information content (AvgIpc) is 2.36. The number of nitriles is 1. The summed E-state index contributed by atoms with van der Waals surface area (Å²) in [6.45, 7) is -3.15. The van der Waals surface area contributed by atoms with E-state index in [-0.39, 0.29) is 23.0 Å². The van der Waals surface area contributed by atoms with Crippen molar-refractivity contribution in [3.05, 3.63) is 28.8 Å².